The first-order chi connectivity index (χ1) is 18.9. The number of anilines is 1. The zero-order valence-corrected chi connectivity index (χ0v) is 23.3. The van der Waals surface area contributed by atoms with Gasteiger partial charge in [-0.05, 0) is 60.2 Å². The minimum Gasteiger partial charge on any atom is -0.493 e. The predicted molar refractivity (Wildman–Crippen MR) is 150 cm³/mol. The highest BCUT2D eigenvalue weighted by molar-refractivity contribution is 6.39. The maximum Gasteiger partial charge on any atom is 0.328 e. The van der Waals surface area contributed by atoms with Crippen molar-refractivity contribution in [3.63, 3.8) is 0 Å². The fourth-order valence-electron chi connectivity index (χ4n) is 4.41. The van der Waals surface area contributed by atoms with E-state index >= 15 is 0 Å². The number of benzene rings is 2. The number of aromatic nitrogens is 1. The van der Waals surface area contributed by atoms with Crippen molar-refractivity contribution in [1.82, 2.24) is 10.3 Å². The molecule has 0 saturated heterocycles. The minimum absolute atomic E-state index is 0.114. The van der Waals surface area contributed by atoms with Gasteiger partial charge in [0.25, 0.3) is 5.91 Å². The average molecular weight is 572 g/mol. The molecule has 1 aliphatic carbocycles. The number of ether oxygens (including phenoxy) is 3. The first-order valence-corrected chi connectivity index (χ1v) is 13.4. The summed E-state index contributed by atoms with van der Waals surface area (Å²) in [7, 11) is 2.94. The molecule has 39 heavy (non-hydrogen) atoms. The molecular weight excluding hydrogens is 541 g/mol. The molecule has 3 aromatic rings. The summed E-state index contributed by atoms with van der Waals surface area (Å²) >= 11 is 12.3. The first-order valence-electron chi connectivity index (χ1n) is 12.6. The highest BCUT2D eigenvalue weighted by Crippen LogP contribution is 2.31. The van der Waals surface area contributed by atoms with Gasteiger partial charge < -0.3 is 24.8 Å². The van der Waals surface area contributed by atoms with Crippen molar-refractivity contribution in [2.24, 2.45) is 5.92 Å². The van der Waals surface area contributed by atoms with E-state index in [4.69, 9.17) is 37.4 Å². The zero-order valence-electron chi connectivity index (χ0n) is 21.8. The van der Waals surface area contributed by atoms with Gasteiger partial charge >= 0.3 is 5.97 Å². The molecule has 1 amide bonds. The van der Waals surface area contributed by atoms with Gasteiger partial charge in [0.1, 0.15) is 17.6 Å². The third kappa shape index (κ3) is 7.85. The molecular formula is C29H31Cl2N3O5. The quantitative estimate of drug-likeness (QED) is 0.284. The van der Waals surface area contributed by atoms with E-state index in [0.717, 1.165) is 35.5 Å². The SMILES string of the molecule is COCc1ccc(NC2CC(COc3ccc(C[C@H](NC(=O)c4c(Cl)cccc4Cl)C(=O)OC)cc3)C2)nc1. The van der Waals surface area contributed by atoms with Crippen molar-refractivity contribution in [2.75, 3.05) is 26.1 Å². The minimum atomic E-state index is -0.910. The summed E-state index contributed by atoms with van der Waals surface area (Å²) < 4.78 is 16.0. The Kier molecular flexibility index (Phi) is 10.0. The summed E-state index contributed by atoms with van der Waals surface area (Å²) in [5.74, 6) is 0.957. The lowest BCUT2D eigenvalue weighted by molar-refractivity contribution is -0.142. The van der Waals surface area contributed by atoms with Crippen molar-refractivity contribution >= 4 is 40.9 Å². The molecule has 1 aromatic heterocycles. The number of hydrogen-bond acceptors (Lipinski definition) is 7. The monoisotopic (exact) mass is 571 g/mol. The average Bonchev–Trinajstić information content (AvgIpc) is 2.91. The van der Waals surface area contributed by atoms with Crippen LogP contribution in [0.2, 0.25) is 10.0 Å². The highest BCUT2D eigenvalue weighted by Gasteiger charge is 2.30. The van der Waals surface area contributed by atoms with Gasteiger partial charge in [0.15, 0.2) is 0 Å². The molecule has 0 bridgehead atoms. The van der Waals surface area contributed by atoms with Gasteiger partial charge in [-0.2, -0.15) is 0 Å². The van der Waals surface area contributed by atoms with Crippen LogP contribution in [0.4, 0.5) is 5.82 Å². The molecule has 2 N–H and O–H groups in total. The van der Waals surface area contributed by atoms with Gasteiger partial charge in [0, 0.05) is 25.8 Å². The van der Waals surface area contributed by atoms with E-state index in [-0.39, 0.29) is 22.0 Å². The maximum atomic E-state index is 12.8. The Labute approximate surface area is 238 Å². The predicted octanol–water partition coefficient (Wildman–Crippen LogP) is 5.32. The van der Waals surface area contributed by atoms with Crippen LogP contribution in [0.5, 0.6) is 5.75 Å². The van der Waals surface area contributed by atoms with Crippen molar-refractivity contribution < 1.29 is 23.8 Å². The van der Waals surface area contributed by atoms with Gasteiger partial charge in [0.05, 0.1) is 35.9 Å². The molecule has 0 radical (unpaired) electrons. The van der Waals surface area contributed by atoms with Gasteiger partial charge in [0.2, 0.25) is 0 Å². The van der Waals surface area contributed by atoms with Gasteiger partial charge in [-0.1, -0.05) is 47.5 Å². The lowest BCUT2D eigenvalue weighted by atomic mass is 9.81. The van der Waals surface area contributed by atoms with E-state index in [2.05, 4.69) is 15.6 Å². The molecule has 2 aromatic carbocycles. The summed E-state index contributed by atoms with van der Waals surface area (Å²) in [6, 6.07) is 15.7. The van der Waals surface area contributed by atoms with E-state index in [1.54, 1.807) is 25.3 Å². The second-order valence-corrected chi connectivity index (χ2v) is 10.3. The van der Waals surface area contributed by atoms with Crippen molar-refractivity contribution in [3.8, 4) is 5.75 Å². The number of rotatable bonds is 12. The number of carbonyl (C=O) groups is 2. The molecule has 1 aliphatic rings. The summed E-state index contributed by atoms with van der Waals surface area (Å²) in [4.78, 5) is 29.6. The number of amides is 1. The Bertz CT molecular complexity index is 1240. The molecule has 0 unspecified atom stereocenters. The van der Waals surface area contributed by atoms with E-state index in [1.165, 1.54) is 7.11 Å². The first kappa shape index (κ1) is 28.7. The lowest BCUT2D eigenvalue weighted by Crippen LogP contribution is -2.43. The molecule has 0 aliphatic heterocycles. The van der Waals surface area contributed by atoms with Crippen LogP contribution in [0.1, 0.15) is 34.3 Å². The Morgan fingerprint density at radius 2 is 1.69 bits per heavy atom. The summed E-state index contributed by atoms with van der Waals surface area (Å²) in [6.07, 6.45) is 4.08. The van der Waals surface area contributed by atoms with Crippen molar-refractivity contribution in [1.29, 1.82) is 0 Å². The van der Waals surface area contributed by atoms with Crippen LogP contribution in [0.25, 0.3) is 0 Å². The molecule has 1 atom stereocenters. The number of nitrogens with zero attached hydrogens (tertiary/aromatic N) is 1. The Morgan fingerprint density at radius 3 is 2.31 bits per heavy atom. The summed E-state index contributed by atoms with van der Waals surface area (Å²) in [6.45, 7) is 1.18. The topological polar surface area (TPSA) is 98.8 Å². The molecule has 1 saturated carbocycles. The lowest BCUT2D eigenvalue weighted by Gasteiger charge is -2.36. The standard InChI is InChI=1S/C29H31Cl2N3O5/c1-37-16-19-8-11-26(32-15-19)33-21-12-20(13-21)17-39-22-9-6-18(7-10-22)14-25(29(36)38-2)34-28(35)27-23(30)4-3-5-24(27)31/h3-11,15,20-21,25H,12-14,16-17H2,1-2H3,(H,32,33)(H,34,35)/t20?,21?,25-/m0/s1. The maximum absolute atomic E-state index is 12.8. The Hall–Kier alpha value is -3.33. The van der Waals surface area contributed by atoms with Crippen LogP contribution in [0.3, 0.4) is 0 Å². The highest BCUT2D eigenvalue weighted by atomic mass is 35.5. The summed E-state index contributed by atoms with van der Waals surface area (Å²) in [5.41, 5.74) is 1.99. The van der Waals surface area contributed by atoms with Crippen molar-refractivity contribution in [2.45, 2.75) is 38.0 Å². The van der Waals surface area contributed by atoms with Crippen molar-refractivity contribution in [3.05, 3.63) is 87.5 Å². The molecule has 10 heteroatoms. The van der Waals surface area contributed by atoms with Crippen LogP contribution in [0, 0.1) is 5.92 Å². The van der Waals surface area contributed by atoms with E-state index < -0.39 is 17.9 Å². The van der Waals surface area contributed by atoms with Crippen LogP contribution in [0.15, 0.2) is 60.8 Å². The molecule has 4 rings (SSSR count). The Morgan fingerprint density at radius 1 is 1.00 bits per heavy atom. The van der Waals surface area contributed by atoms with E-state index in [9.17, 15) is 9.59 Å². The van der Waals surface area contributed by atoms with Gasteiger partial charge in [-0.25, -0.2) is 9.78 Å². The smallest absolute Gasteiger partial charge is 0.328 e. The largest absolute Gasteiger partial charge is 0.493 e. The zero-order chi connectivity index (χ0) is 27.8. The molecule has 1 fully saturated rings. The van der Waals surface area contributed by atoms with Crippen LogP contribution < -0.4 is 15.4 Å². The fourth-order valence-corrected chi connectivity index (χ4v) is 4.98. The summed E-state index contributed by atoms with van der Waals surface area (Å²) in [5, 5.41) is 6.54. The number of pyridine rings is 1. The van der Waals surface area contributed by atoms with Gasteiger partial charge in [-0.15, -0.1) is 0 Å². The number of nitrogens with one attached hydrogen (secondary N) is 2. The Balaban J connectivity index is 1.24. The second-order valence-electron chi connectivity index (χ2n) is 9.47. The van der Waals surface area contributed by atoms with Gasteiger partial charge in [-0.3, -0.25) is 4.79 Å². The number of esters is 1. The number of carbonyl (C=O) groups excluding carboxylic acids is 2. The molecule has 206 valence electrons. The van der Waals surface area contributed by atoms with Crippen LogP contribution >= 0.6 is 23.2 Å². The number of halogens is 2. The normalized spacial score (nSPS) is 17.0. The number of hydrogen-bond donors (Lipinski definition) is 2. The molecule has 8 nitrogen and oxygen atoms in total. The van der Waals surface area contributed by atoms with Crippen LogP contribution in [-0.2, 0) is 27.3 Å². The third-order valence-electron chi connectivity index (χ3n) is 6.55. The fraction of sp³-hybridized carbons (Fsp3) is 0.345. The van der Waals surface area contributed by atoms with E-state index in [0.29, 0.717) is 25.2 Å². The molecule has 0 spiro atoms. The van der Waals surface area contributed by atoms with E-state index in [1.807, 2.05) is 42.6 Å². The second kappa shape index (κ2) is 13.6. The third-order valence-corrected chi connectivity index (χ3v) is 7.18. The molecule has 1 heterocycles. The van der Waals surface area contributed by atoms with Crippen LogP contribution in [-0.4, -0.2) is 49.8 Å². The number of methoxy groups -OCH3 is 2.